The summed E-state index contributed by atoms with van der Waals surface area (Å²) in [4.78, 5) is 12.0. The van der Waals surface area contributed by atoms with Crippen LogP contribution in [0.25, 0.3) is 0 Å². The molecule has 118 valence electrons. The highest BCUT2D eigenvalue weighted by Crippen LogP contribution is 2.23. The molecule has 0 saturated heterocycles. The summed E-state index contributed by atoms with van der Waals surface area (Å²) < 4.78 is 24.4. The van der Waals surface area contributed by atoms with Gasteiger partial charge in [0.2, 0.25) is 5.91 Å². The van der Waals surface area contributed by atoms with E-state index in [0.29, 0.717) is 11.4 Å². The van der Waals surface area contributed by atoms with Crippen LogP contribution in [0.4, 0.5) is 0 Å². The van der Waals surface area contributed by atoms with E-state index in [-0.39, 0.29) is 23.4 Å². The number of nitrogens with one attached hydrogen (secondary N) is 1. The van der Waals surface area contributed by atoms with E-state index in [1.54, 1.807) is 13.8 Å². The molecular formula is C13H20ClN3O3S. The summed E-state index contributed by atoms with van der Waals surface area (Å²) in [7, 11) is 1.54. The van der Waals surface area contributed by atoms with Gasteiger partial charge in [-0.05, 0) is 26.7 Å². The average molecular weight is 334 g/mol. The fourth-order valence-electron chi connectivity index (χ4n) is 2.84. The van der Waals surface area contributed by atoms with E-state index < -0.39 is 9.05 Å². The van der Waals surface area contributed by atoms with Crippen LogP contribution in [0, 0.1) is 13.8 Å². The highest BCUT2D eigenvalue weighted by Gasteiger charge is 2.24. The second-order valence-electron chi connectivity index (χ2n) is 5.50. The van der Waals surface area contributed by atoms with E-state index in [2.05, 4.69) is 10.4 Å². The van der Waals surface area contributed by atoms with Crippen molar-refractivity contribution in [1.82, 2.24) is 15.1 Å². The lowest BCUT2D eigenvalue weighted by atomic mass is 9.95. The van der Waals surface area contributed by atoms with Crippen LogP contribution in [-0.4, -0.2) is 30.1 Å². The van der Waals surface area contributed by atoms with Crippen molar-refractivity contribution in [1.29, 1.82) is 0 Å². The smallest absolute Gasteiger partial charge is 0.264 e. The van der Waals surface area contributed by atoms with E-state index in [1.807, 2.05) is 0 Å². The van der Waals surface area contributed by atoms with Crippen molar-refractivity contribution in [3.05, 3.63) is 11.4 Å². The first kappa shape index (κ1) is 16.3. The van der Waals surface area contributed by atoms with E-state index >= 15 is 0 Å². The van der Waals surface area contributed by atoms with Crippen LogP contribution in [0.3, 0.4) is 0 Å². The summed E-state index contributed by atoms with van der Waals surface area (Å²) in [6.45, 7) is 3.18. The number of nitrogens with zero attached hydrogens (tertiary/aromatic N) is 2. The number of halogens is 1. The maximum atomic E-state index is 12.0. The van der Waals surface area contributed by atoms with Gasteiger partial charge in [0.05, 0.1) is 11.4 Å². The van der Waals surface area contributed by atoms with Crippen LogP contribution in [0.1, 0.15) is 43.5 Å². The third kappa shape index (κ3) is 3.97. The van der Waals surface area contributed by atoms with Crippen molar-refractivity contribution in [3.8, 4) is 0 Å². The van der Waals surface area contributed by atoms with Crippen molar-refractivity contribution in [2.24, 2.45) is 0 Å². The Morgan fingerprint density at radius 1 is 1.33 bits per heavy atom. The number of rotatable bonds is 4. The number of hydrogen-bond acceptors (Lipinski definition) is 4. The largest absolute Gasteiger partial charge is 0.352 e. The zero-order chi connectivity index (χ0) is 15.6. The molecule has 21 heavy (non-hydrogen) atoms. The van der Waals surface area contributed by atoms with Gasteiger partial charge in [-0.3, -0.25) is 9.48 Å². The quantitative estimate of drug-likeness (QED) is 0.853. The molecule has 0 aliphatic heterocycles. The first-order valence-corrected chi connectivity index (χ1v) is 9.38. The zero-order valence-electron chi connectivity index (χ0n) is 12.2. The lowest BCUT2D eigenvalue weighted by Crippen LogP contribution is -2.38. The Balaban J connectivity index is 2.08. The average Bonchev–Trinajstić information content (AvgIpc) is 2.64. The lowest BCUT2D eigenvalue weighted by molar-refractivity contribution is -0.122. The van der Waals surface area contributed by atoms with Gasteiger partial charge >= 0.3 is 0 Å². The number of amides is 1. The number of carbonyl (C=O) groups is 1. The molecule has 1 fully saturated rings. The van der Waals surface area contributed by atoms with Gasteiger partial charge in [-0.25, -0.2) is 8.42 Å². The van der Waals surface area contributed by atoms with E-state index in [0.717, 1.165) is 25.7 Å². The molecule has 1 heterocycles. The number of hydrogen-bond donors (Lipinski definition) is 1. The third-order valence-corrected chi connectivity index (χ3v) is 5.36. The molecule has 1 aromatic rings. The summed E-state index contributed by atoms with van der Waals surface area (Å²) in [5.74, 6) is -0.147. The van der Waals surface area contributed by atoms with Gasteiger partial charge in [0.15, 0.2) is 0 Å². The van der Waals surface area contributed by atoms with Crippen LogP contribution in [-0.2, 0) is 20.4 Å². The van der Waals surface area contributed by atoms with Crippen LogP contribution < -0.4 is 5.32 Å². The maximum Gasteiger partial charge on any atom is 0.264 e. The highest BCUT2D eigenvalue weighted by atomic mass is 35.7. The minimum Gasteiger partial charge on any atom is -0.352 e. The summed E-state index contributed by atoms with van der Waals surface area (Å²) in [5.41, 5.74) is 0.703. The maximum absolute atomic E-state index is 12.0. The second-order valence-corrected chi connectivity index (χ2v) is 8.00. The SMILES string of the molecule is Cc1nn(CC(=O)NC2CCCCC2)c(C)c1S(=O)(=O)Cl. The molecule has 1 aromatic heterocycles. The molecule has 0 atom stereocenters. The normalized spacial score (nSPS) is 16.9. The Morgan fingerprint density at radius 2 is 1.95 bits per heavy atom. The molecule has 0 radical (unpaired) electrons. The van der Waals surface area contributed by atoms with Crippen molar-refractivity contribution in [2.75, 3.05) is 0 Å². The first-order valence-electron chi connectivity index (χ1n) is 7.07. The van der Waals surface area contributed by atoms with Crippen molar-refractivity contribution >= 4 is 25.6 Å². The lowest BCUT2D eigenvalue weighted by Gasteiger charge is -2.22. The van der Waals surface area contributed by atoms with Gasteiger partial charge in [-0.15, -0.1) is 0 Å². The monoisotopic (exact) mass is 333 g/mol. The molecule has 0 unspecified atom stereocenters. The molecule has 2 rings (SSSR count). The number of aryl methyl sites for hydroxylation is 1. The molecule has 1 N–H and O–H groups in total. The molecule has 1 aliphatic carbocycles. The standard InChI is InChI=1S/C13H20ClN3O3S/c1-9-13(21(14,19)20)10(2)17(16-9)8-12(18)15-11-6-4-3-5-7-11/h11H,3-8H2,1-2H3,(H,15,18). The van der Waals surface area contributed by atoms with Gasteiger partial charge in [-0.2, -0.15) is 5.10 Å². The van der Waals surface area contributed by atoms with E-state index in [1.165, 1.54) is 11.1 Å². The van der Waals surface area contributed by atoms with Gasteiger partial charge in [0.25, 0.3) is 9.05 Å². The van der Waals surface area contributed by atoms with Crippen LogP contribution in [0.5, 0.6) is 0 Å². The molecule has 0 aromatic carbocycles. The topological polar surface area (TPSA) is 81.1 Å². The van der Waals surface area contributed by atoms with E-state index in [9.17, 15) is 13.2 Å². The molecule has 6 nitrogen and oxygen atoms in total. The Morgan fingerprint density at radius 3 is 2.48 bits per heavy atom. The Bertz CT molecular complexity index is 633. The number of aromatic nitrogens is 2. The highest BCUT2D eigenvalue weighted by molar-refractivity contribution is 8.13. The molecule has 1 aliphatic rings. The van der Waals surface area contributed by atoms with Gasteiger partial charge in [0, 0.05) is 16.7 Å². The molecule has 8 heteroatoms. The van der Waals surface area contributed by atoms with Crippen LogP contribution >= 0.6 is 10.7 Å². The predicted octanol–water partition coefficient (Wildman–Crippen LogP) is 1.88. The fraction of sp³-hybridized carbons (Fsp3) is 0.692. The molecular weight excluding hydrogens is 314 g/mol. The Hall–Kier alpha value is -1.08. The van der Waals surface area contributed by atoms with Crippen LogP contribution in [0.15, 0.2) is 4.90 Å². The second kappa shape index (κ2) is 6.36. The number of carbonyl (C=O) groups excluding carboxylic acids is 1. The summed E-state index contributed by atoms with van der Waals surface area (Å²) in [6.07, 6.45) is 5.51. The molecule has 0 spiro atoms. The van der Waals surface area contributed by atoms with E-state index in [4.69, 9.17) is 10.7 Å². The Kier molecular flexibility index (Phi) is 4.93. The van der Waals surface area contributed by atoms with Crippen LogP contribution in [0.2, 0.25) is 0 Å². The minimum absolute atomic E-state index is 0.00497. The van der Waals surface area contributed by atoms with Crippen molar-refractivity contribution in [2.45, 2.75) is 63.4 Å². The third-order valence-electron chi connectivity index (χ3n) is 3.82. The summed E-state index contributed by atoms with van der Waals surface area (Å²) in [6, 6.07) is 0.222. The molecule has 0 bridgehead atoms. The molecule has 1 amide bonds. The first-order chi connectivity index (χ1) is 9.79. The Labute approximate surface area is 129 Å². The van der Waals surface area contributed by atoms with Crippen molar-refractivity contribution < 1.29 is 13.2 Å². The summed E-state index contributed by atoms with van der Waals surface area (Å²) >= 11 is 0. The fourth-order valence-corrected chi connectivity index (χ4v) is 4.37. The molecule has 1 saturated carbocycles. The van der Waals surface area contributed by atoms with Gasteiger partial charge < -0.3 is 5.32 Å². The van der Waals surface area contributed by atoms with Gasteiger partial charge in [-0.1, -0.05) is 19.3 Å². The van der Waals surface area contributed by atoms with Crippen molar-refractivity contribution in [3.63, 3.8) is 0 Å². The predicted molar refractivity (Wildman–Crippen MR) is 79.8 cm³/mol. The summed E-state index contributed by atoms with van der Waals surface area (Å²) in [5, 5.41) is 7.08. The zero-order valence-corrected chi connectivity index (χ0v) is 13.8. The minimum atomic E-state index is -3.85. The van der Waals surface area contributed by atoms with Gasteiger partial charge in [0.1, 0.15) is 11.4 Å².